The van der Waals surface area contributed by atoms with Gasteiger partial charge in [-0.25, -0.2) is 4.98 Å². The summed E-state index contributed by atoms with van der Waals surface area (Å²) in [5, 5.41) is 2.89. The van der Waals surface area contributed by atoms with Gasteiger partial charge in [-0.2, -0.15) is 0 Å². The van der Waals surface area contributed by atoms with E-state index in [1.807, 2.05) is 47.4 Å². The van der Waals surface area contributed by atoms with E-state index in [2.05, 4.69) is 28.1 Å². The number of carbonyl (C=O) groups excluding carboxylic acids is 1. The highest BCUT2D eigenvalue weighted by Crippen LogP contribution is 2.29. The summed E-state index contributed by atoms with van der Waals surface area (Å²) in [4.78, 5) is 21.1. The van der Waals surface area contributed by atoms with Gasteiger partial charge in [0.1, 0.15) is 0 Å². The first-order valence-corrected chi connectivity index (χ1v) is 13.4. The van der Waals surface area contributed by atoms with E-state index in [9.17, 15) is 4.79 Å². The maximum atomic E-state index is 13.2. The van der Waals surface area contributed by atoms with Gasteiger partial charge in [0.2, 0.25) is 5.91 Å². The molecule has 1 aliphatic rings. The minimum atomic E-state index is 0.273. The summed E-state index contributed by atoms with van der Waals surface area (Å²) < 4.78 is 2.16. The standard InChI is InChI=1S/C28H30ClN3OS/c29-24-13-11-23(12-14-24)26-19-32-25(20-34-28(32)30-26)16-17-31(18-22-8-2-1-3-9-22)27(33)15-10-21-6-4-5-7-21/h1-3,8-9,11-14,19-21H,4-7,10,15-18H2. The Morgan fingerprint density at radius 2 is 1.85 bits per heavy atom. The topological polar surface area (TPSA) is 37.6 Å². The number of benzene rings is 2. The van der Waals surface area contributed by atoms with Crippen molar-refractivity contribution in [3.05, 3.63) is 82.5 Å². The maximum absolute atomic E-state index is 13.2. The SMILES string of the molecule is O=C(CCC1CCCC1)N(CCc1csc2nc(-c3ccc(Cl)cc3)cn12)Cc1ccccc1. The van der Waals surface area contributed by atoms with Crippen molar-refractivity contribution in [3.8, 4) is 11.3 Å². The van der Waals surface area contributed by atoms with Crippen LogP contribution in [0, 0.1) is 5.92 Å². The molecule has 176 valence electrons. The van der Waals surface area contributed by atoms with Gasteiger partial charge in [0.25, 0.3) is 0 Å². The number of fused-ring (bicyclic) bond motifs is 1. The van der Waals surface area contributed by atoms with Gasteiger partial charge in [0.15, 0.2) is 4.96 Å². The van der Waals surface area contributed by atoms with Crippen molar-refractivity contribution in [2.24, 2.45) is 5.92 Å². The third-order valence-corrected chi connectivity index (χ3v) is 8.01. The number of aromatic nitrogens is 2. The van der Waals surface area contributed by atoms with E-state index < -0.39 is 0 Å². The predicted octanol–water partition coefficient (Wildman–Crippen LogP) is 7.26. The smallest absolute Gasteiger partial charge is 0.222 e. The Balaban J connectivity index is 1.29. The Labute approximate surface area is 210 Å². The van der Waals surface area contributed by atoms with Crippen LogP contribution in [0.2, 0.25) is 5.02 Å². The molecule has 1 saturated carbocycles. The van der Waals surface area contributed by atoms with Gasteiger partial charge in [-0.1, -0.05) is 79.7 Å². The minimum absolute atomic E-state index is 0.273. The van der Waals surface area contributed by atoms with Crippen LogP contribution < -0.4 is 0 Å². The second kappa shape index (κ2) is 10.7. The lowest BCUT2D eigenvalue weighted by atomic mass is 10.0. The lowest BCUT2D eigenvalue weighted by Gasteiger charge is -2.23. The van der Waals surface area contributed by atoms with Crippen molar-refractivity contribution in [2.75, 3.05) is 6.54 Å². The Kier molecular flexibility index (Phi) is 7.31. The molecule has 2 aromatic carbocycles. The molecular formula is C28H30ClN3OS. The second-order valence-corrected chi connectivity index (χ2v) is 10.5. The van der Waals surface area contributed by atoms with Crippen molar-refractivity contribution >= 4 is 33.8 Å². The zero-order valence-electron chi connectivity index (χ0n) is 19.3. The molecule has 0 aliphatic heterocycles. The van der Waals surface area contributed by atoms with Gasteiger partial charge in [0.05, 0.1) is 5.69 Å². The first kappa shape index (κ1) is 23.1. The fourth-order valence-electron chi connectivity index (χ4n) is 4.90. The molecule has 0 bridgehead atoms. The molecule has 2 aromatic heterocycles. The monoisotopic (exact) mass is 491 g/mol. The molecule has 4 aromatic rings. The number of hydrogen-bond donors (Lipinski definition) is 0. The summed E-state index contributed by atoms with van der Waals surface area (Å²) in [6, 6.07) is 18.1. The Morgan fingerprint density at radius 3 is 2.62 bits per heavy atom. The molecule has 0 saturated heterocycles. The summed E-state index contributed by atoms with van der Waals surface area (Å²) >= 11 is 7.69. The van der Waals surface area contributed by atoms with Crippen LogP contribution in [0.3, 0.4) is 0 Å². The molecule has 5 rings (SSSR count). The van der Waals surface area contributed by atoms with E-state index in [-0.39, 0.29) is 5.91 Å². The number of hydrogen-bond acceptors (Lipinski definition) is 3. The predicted molar refractivity (Wildman–Crippen MR) is 140 cm³/mol. The fourth-order valence-corrected chi connectivity index (χ4v) is 5.93. The van der Waals surface area contributed by atoms with Gasteiger partial charge in [-0.05, 0) is 30.0 Å². The largest absolute Gasteiger partial charge is 0.338 e. The fraction of sp³-hybridized carbons (Fsp3) is 0.357. The molecule has 0 unspecified atom stereocenters. The van der Waals surface area contributed by atoms with Gasteiger partial charge < -0.3 is 4.90 Å². The first-order valence-electron chi connectivity index (χ1n) is 12.2. The molecule has 1 aliphatic carbocycles. The van der Waals surface area contributed by atoms with E-state index in [0.717, 1.165) is 40.0 Å². The number of halogens is 1. The number of amides is 1. The Bertz CT molecular complexity index is 1230. The summed E-state index contributed by atoms with van der Waals surface area (Å²) in [5.74, 6) is 1.01. The molecule has 1 amide bonds. The number of imidazole rings is 1. The van der Waals surface area contributed by atoms with E-state index >= 15 is 0 Å². The van der Waals surface area contributed by atoms with E-state index in [0.29, 0.717) is 19.5 Å². The van der Waals surface area contributed by atoms with E-state index in [4.69, 9.17) is 16.6 Å². The van der Waals surface area contributed by atoms with Crippen molar-refractivity contribution in [3.63, 3.8) is 0 Å². The maximum Gasteiger partial charge on any atom is 0.222 e. The van der Waals surface area contributed by atoms with Crippen LogP contribution in [0.1, 0.15) is 49.8 Å². The van der Waals surface area contributed by atoms with E-state index in [1.54, 1.807) is 11.3 Å². The molecule has 1 fully saturated rings. The lowest BCUT2D eigenvalue weighted by Crippen LogP contribution is -2.32. The molecule has 4 nitrogen and oxygen atoms in total. The van der Waals surface area contributed by atoms with Crippen molar-refractivity contribution < 1.29 is 4.79 Å². The van der Waals surface area contributed by atoms with Crippen LogP contribution >= 0.6 is 22.9 Å². The normalized spacial score (nSPS) is 14.1. The van der Waals surface area contributed by atoms with Gasteiger partial charge in [-0.15, -0.1) is 11.3 Å². The van der Waals surface area contributed by atoms with Gasteiger partial charge in [0, 0.05) is 53.8 Å². The molecule has 6 heteroatoms. The Hall–Kier alpha value is -2.63. The molecule has 2 heterocycles. The average Bonchev–Trinajstić information content (AvgIpc) is 3.60. The van der Waals surface area contributed by atoms with Gasteiger partial charge in [-0.3, -0.25) is 9.20 Å². The summed E-state index contributed by atoms with van der Waals surface area (Å²) in [5.41, 5.74) is 4.37. The summed E-state index contributed by atoms with van der Waals surface area (Å²) in [7, 11) is 0. The highest BCUT2D eigenvalue weighted by molar-refractivity contribution is 7.15. The quantitative estimate of drug-likeness (QED) is 0.247. The third-order valence-electron chi connectivity index (χ3n) is 6.87. The summed E-state index contributed by atoms with van der Waals surface area (Å²) in [6.07, 6.45) is 9.80. The van der Waals surface area contributed by atoms with Crippen LogP contribution in [0.5, 0.6) is 0 Å². The van der Waals surface area contributed by atoms with Crippen LogP contribution in [-0.4, -0.2) is 26.7 Å². The molecule has 0 spiro atoms. The molecule has 0 N–H and O–H groups in total. The summed E-state index contributed by atoms with van der Waals surface area (Å²) in [6.45, 7) is 1.37. The minimum Gasteiger partial charge on any atom is -0.338 e. The number of carbonyl (C=O) groups is 1. The van der Waals surface area contributed by atoms with Crippen LogP contribution in [0.15, 0.2) is 66.2 Å². The van der Waals surface area contributed by atoms with Crippen LogP contribution in [-0.2, 0) is 17.8 Å². The van der Waals surface area contributed by atoms with Crippen molar-refractivity contribution in [2.45, 2.75) is 51.5 Å². The second-order valence-electron chi connectivity index (χ2n) is 9.25. The Morgan fingerprint density at radius 1 is 1.09 bits per heavy atom. The lowest BCUT2D eigenvalue weighted by molar-refractivity contribution is -0.132. The van der Waals surface area contributed by atoms with Crippen molar-refractivity contribution in [1.82, 2.24) is 14.3 Å². The first-order chi connectivity index (χ1) is 16.7. The zero-order chi connectivity index (χ0) is 23.3. The van der Waals surface area contributed by atoms with Gasteiger partial charge >= 0.3 is 0 Å². The molecule has 0 atom stereocenters. The highest BCUT2D eigenvalue weighted by atomic mass is 35.5. The van der Waals surface area contributed by atoms with Crippen molar-refractivity contribution in [1.29, 1.82) is 0 Å². The van der Waals surface area contributed by atoms with Crippen LogP contribution in [0.4, 0.5) is 0 Å². The molecule has 0 radical (unpaired) electrons. The zero-order valence-corrected chi connectivity index (χ0v) is 20.9. The van der Waals surface area contributed by atoms with E-state index in [1.165, 1.54) is 36.9 Å². The molecular weight excluding hydrogens is 462 g/mol. The molecule has 34 heavy (non-hydrogen) atoms. The average molecular weight is 492 g/mol. The highest BCUT2D eigenvalue weighted by Gasteiger charge is 2.20. The van der Waals surface area contributed by atoms with Crippen LogP contribution in [0.25, 0.3) is 16.2 Å². The number of rotatable bonds is 9. The number of thiazole rings is 1. The third kappa shape index (κ3) is 5.53. The number of nitrogens with zero attached hydrogens (tertiary/aromatic N) is 3.